The lowest BCUT2D eigenvalue weighted by Gasteiger charge is -2.32. The van der Waals surface area contributed by atoms with Crippen LogP contribution in [0.3, 0.4) is 0 Å². The summed E-state index contributed by atoms with van der Waals surface area (Å²) in [6.07, 6.45) is 9.64. The molecule has 1 aliphatic heterocycles. The summed E-state index contributed by atoms with van der Waals surface area (Å²) in [5.74, 6) is 1.46. The van der Waals surface area contributed by atoms with Crippen molar-refractivity contribution in [2.75, 3.05) is 18.0 Å². The molecule has 0 bridgehead atoms. The topological polar surface area (TPSA) is 41.9 Å². The number of nitrogens with zero attached hydrogens (tertiary/aromatic N) is 4. The Hall–Kier alpha value is -1.49. The van der Waals surface area contributed by atoms with Crippen LogP contribution in [0.5, 0.6) is 0 Å². The van der Waals surface area contributed by atoms with Crippen molar-refractivity contribution in [3.8, 4) is 0 Å². The minimum Gasteiger partial charge on any atom is -0.341 e. The molecular weight excluding hydrogens is 304 g/mol. The molecule has 0 unspecified atom stereocenters. The van der Waals surface area contributed by atoms with Gasteiger partial charge >= 0.3 is 0 Å². The van der Waals surface area contributed by atoms with Crippen LogP contribution >= 0.6 is 15.9 Å². The summed E-state index contributed by atoms with van der Waals surface area (Å²) >= 11 is 3.36. The van der Waals surface area contributed by atoms with E-state index in [0.717, 1.165) is 36.4 Å². The molecule has 5 heteroatoms. The highest BCUT2D eigenvalue weighted by Gasteiger charge is 2.21. The van der Waals surface area contributed by atoms with E-state index >= 15 is 0 Å². The highest BCUT2D eigenvalue weighted by atomic mass is 79.9. The Bertz CT molecular complexity index is 521. The van der Waals surface area contributed by atoms with Gasteiger partial charge in [-0.05, 0) is 52.4 Å². The van der Waals surface area contributed by atoms with E-state index in [-0.39, 0.29) is 0 Å². The van der Waals surface area contributed by atoms with Crippen molar-refractivity contribution in [2.45, 2.75) is 18.8 Å². The second-order valence-corrected chi connectivity index (χ2v) is 5.66. The van der Waals surface area contributed by atoms with Gasteiger partial charge < -0.3 is 4.90 Å². The fourth-order valence-corrected chi connectivity index (χ4v) is 2.72. The van der Waals surface area contributed by atoms with E-state index in [2.05, 4.69) is 47.9 Å². The normalized spacial score (nSPS) is 16.6. The van der Waals surface area contributed by atoms with Gasteiger partial charge in [0.1, 0.15) is 0 Å². The van der Waals surface area contributed by atoms with Crippen LogP contribution in [0, 0.1) is 0 Å². The molecule has 0 N–H and O–H groups in total. The van der Waals surface area contributed by atoms with Crippen LogP contribution in [0.15, 0.2) is 41.4 Å². The number of anilines is 1. The minimum absolute atomic E-state index is 0.634. The van der Waals surface area contributed by atoms with E-state index in [1.165, 1.54) is 5.56 Å². The van der Waals surface area contributed by atoms with Crippen molar-refractivity contribution in [3.05, 3.63) is 47.0 Å². The van der Waals surface area contributed by atoms with Gasteiger partial charge in [0.15, 0.2) is 0 Å². The van der Waals surface area contributed by atoms with Crippen LogP contribution in [-0.2, 0) is 0 Å². The lowest BCUT2D eigenvalue weighted by molar-refractivity contribution is 0.499. The van der Waals surface area contributed by atoms with Crippen molar-refractivity contribution >= 4 is 21.9 Å². The number of piperidine rings is 1. The summed E-state index contributed by atoms with van der Waals surface area (Å²) in [5.41, 5.74) is 1.39. The number of hydrogen-bond acceptors (Lipinski definition) is 4. The Kier molecular flexibility index (Phi) is 3.73. The van der Waals surface area contributed by atoms with Crippen LogP contribution in [0.2, 0.25) is 0 Å². The maximum absolute atomic E-state index is 4.36. The quantitative estimate of drug-likeness (QED) is 0.853. The molecule has 1 fully saturated rings. The van der Waals surface area contributed by atoms with Gasteiger partial charge in [0, 0.05) is 37.9 Å². The van der Waals surface area contributed by atoms with Gasteiger partial charge in [-0.25, -0.2) is 9.97 Å². The number of hydrogen-bond donors (Lipinski definition) is 0. The van der Waals surface area contributed by atoms with Crippen molar-refractivity contribution in [1.29, 1.82) is 0 Å². The molecular formula is C14H15BrN4. The van der Waals surface area contributed by atoms with Crippen LogP contribution < -0.4 is 4.90 Å². The van der Waals surface area contributed by atoms with E-state index in [9.17, 15) is 0 Å². The van der Waals surface area contributed by atoms with Crippen molar-refractivity contribution in [2.24, 2.45) is 0 Å². The monoisotopic (exact) mass is 318 g/mol. The molecule has 0 saturated carbocycles. The van der Waals surface area contributed by atoms with Crippen molar-refractivity contribution in [3.63, 3.8) is 0 Å². The van der Waals surface area contributed by atoms with Crippen LogP contribution in [0.25, 0.3) is 0 Å². The smallest absolute Gasteiger partial charge is 0.225 e. The molecule has 3 heterocycles. The lowest BCUT2D eigenvalue weighted by atomic mass is 9.90. The molecule has 2 aromatic heterocycles. The van der Waals surface area contributed by atoms with Crippen LogP contribution in [-0.4, -0.2) is 28.0 Å². The second-order valence-electron chi connectivity index (χ2n) is 4.74. The predicted molar refractivity (Wildman–Crippen MR) is 78.2 cm³/mol. The first-order chi connectivity index (χ1) is 9.33. The van der Waals surface area contributed by atoms with Gasteiger partial charge in [-0.1, -0.05) is 0 Å². The molecule has 19 heavy (non-hydrogen) atoms. The summed E-state index contributed by atoms with van der Waals surface area (Å²) in [4.78, 5) is 15.0. The molecule has 3 rings (SSSR count). The molecule has 98 valence electrons. The Morgan fingerprint density at radius 3 is 2.32 bits per heavy atom. The number of aromatic nitrogens is 3. The molecule has 4 nitrogen and oxygen atoms in total. The van der Waals surface area contributed by atoms with Crippen molar-refractivity contribution < 1.29 is 0 Å². The van der Waals surface area contributed by atoms with Gasteiger partial charge in [0.25, 0.3) is 0 Å². The SMILES string of the molecule is Brc1cnc(N2CCC(c3ccncc3)CC2)nc1. The third-order valence-electron chi connectivity index (χ3n) is 3.56. The maximum Gasteiger partial charge on any atom is 0.225 e. The molecule has 0 atom stereocenters. The molecule has 0 aliphatic carbocycles. The summed E-state index contributed by atoms with van der Waals surface area (Å²) in [5, 5.41) is 0. The van der Waals surface area contributed by atoms with Crippen molar-refractivity contribution in [1.82, 2.24) is 15.0 Å². The number of rotatable bonds is 2. The first kappa shape index (κ1) is 12.5. The van der Waals surface area contributed by atoms with Crippen LogP contribution in [0.4, 0.5) is 5.95 Å². The molecule has 1 aliphatic rings. The maximum atomic E-state index is 4.36. The molecule has 1 saturated heterocycles. The molecule has 0 spiro atoms. The van der Waals surface area contributed by atoms with E-state index in [0.29, 0.717) is 5.92 Å². The van der Waals surface area contributed by atoms with E-state index in [1.807, 2.05) is 12.4 Å². The van der Waals surface area contributed by atoms with Crippen LogP contribution in [0.1, 0.15) is 24.3 Å². The largest absolute Gasteiger partial charge is 0.341 e. The second kappa shape index (κ2) is 5.65. The summed E-state index contributed by atoms with van der Waals surface area (Å²) in [7, 11) is 0. The fraction of sp³-hybridized carbons (Fsp3) is 0.357. The molecule has 0 aromatic carbocycles. The molecule has 0 amide bonds. The first-order valence-electron chi connectivity index (χ1n) is 6.45. The van der Waals surface area contributed by atoms with Gasteiger partial charge in [0.05, 0.1) is 4.47 Å². The van der Waals surface area contributed by atoms with Gasteiger partial charge in [-0.3, -0.25) is 4.98 Å². The number of pyridine rings is 1. The Morgan fingerprint density at radius 2 is 1.68 bits per heavy atom. The zero-order chi connectivity index (χ0) is 13.1. The highest BCUT2D eigenvalue weighted by molar-refractivity contribution is 9.10. The third kappa shape index (κ3) is 2.92. The summed E-state index contributed by atoms with van der Waals surface area (Å²) in [6, 6.07) is 4.24. The van der Waals surface area contributed by atoms with Gasteiger partial charge in [-0.15, -0.1) is 0 Å². The Morgan fingerprint density at radius 1 is 1.05 bits per heavy atom. The van der Waals surface area contributed by atoms with E-state index in [4.69, 9.17) is 0 Å². The van der Waals surface area contributed by atoms with Gasteiger partial charge in [-0.2, -0.15) is 0 Å². The number of halogens is 1. The highest BCUT2D eigenvalue weighted by Crippen LogP contribution is 2.28. The zero-order valence-electron chi connectivity index (χ0n) is 10.5. The molecule has 2 aromatic rings. The lowest BCUT2D eigenvalue weighted by Crippen LogP contribution is -2.34. The van der Waals surface area contributed by atoms with Gasteiger partial charge in [0.2, 0.25) is 5.95 Å². The first-order valence-corrected chi connectivity index (χ1v) is 7.24. The molecule has 0 radical (unpaired) electrons. The minimum atomic E-state index is 0.634. The standard InChI is InChI=1S/C14H15BrN4/c15-13-9-17-14(18-10-13)19-7-3-12(4-8-19)11-1-5-16-6-2-11/h1-2,5-6,9-10,12H,3-4,7-8H2. The third-order valence-corrected chi connectivity index (χ3v) is 3.97. The summed E-state index contributed by atoms with van der Waals surface area (Å²) < 4.78 is 0.919. The van der Waals surface area contributed by atoms with E-state index < -0.39 is 0 Å². The Labute approximate surface area is 121 Å². The predicted octanol–water partition coefficient (Wildman–Crippen LogP) is 3.02. The average molecular weight is 319 g/mol. The summed E-state index contributed by atoms with van der Waals surface area (Å²) in [6.45, 7) is 2.02. The average Bonchev–Trinajstić information content (AvgIpc) is 2.49. The Balaban J connectivity index is 1.65. The van der Waals surface area contributed by atoms with E-state index in [1.54, 1.807) is 12.4 Å². The fourth-order valence-electron chi connectivity index (χ4n) is 2.52. The zero-order valence-corrected chi connectivity index (χ0v) is 12.1.